The molecule has 98 valence electrons. The monoisotopic (exact) mass is 260 g/mol. The van der Waals surface area contributed by atoms with Crippen molar-refractivity contribution in [2.24, 2.45) is 0 Å². The van der Waals surface area contributed by atoms with Gasteiger partial charge in [0.1, 0.15) is 6.26 Å². The topological polar surface area (TPSA) is 73.6 Å². The molecule has 0 aliphatic carbocycles. The molecular weight excluding hydrogens is 248 g/mol. The number of rotatable bonds is 3. The van der Waals surface area contributed by atoms with Crippen molar-refractivity contribution in [1.82, 2.24) is 10.3 Å². The van der Waals surface area contributed by atoms with E-state index in [2.05, 4.69) is 10.3 Å². The zero-order valence-electron chi connectivity index (χ0n) is 10.3. The van der Waals surface area contributed by atoms with Crippen LogP contribution in [0, 0.1) is 6.92 Å². The highest BCUT2D eigenvalue weighted by Gasteiger charge is 2.16. The van der Waals surface area contributed by atoms with Crippen LogP contribution in [0.4, 0.5) is 0 Å². The second-order valence-electron chi connectivity index (χ2n) is 4.11. The van der Waals surface area contributed by atoms with E-state index in [9.17, 15) is 4.79 Å². The zero-order valence-corrected chi connectivity index (χ0v) is 10.3. The summed E-state index contributed by atoms with van der Waals surface area (Å²) in [6, 6.07) is 5.07. The minimum absolute atomic E-state index is 0.193. The van der Waals surface area contributed by atoms with E-state index in [1.807, 2.05) is 0 Å². The van der Waals surface area contributed by atoms with Gasteiger partial charge in [0.2, 0.25) is 6.79 Å². The quantitative estimate of drug-likeness (QED) is 0.908. The molecule has 1 aromatic heterocycles. The van der Waals surface area contributed by atoms with Crippen LogP contribution in [0.15, 0.2) is 28.9 Å². The highest BCUT2D eigenvalue weighted by Crippen LogP contribution is 2.32. The van der Waals surface area contributed by atoms with Gasteiger partial charge in [-0.15, -0.1) is 0 Å². The van der Waals surface area contributed by atoms with Gasteiger partial charge in [0.05, 0.1) is 12.2 Å². The van der Waals surface area contributed by atoms with Crippen molar-refractivity contribution >= 4 is 5.91 Å². The largest absolute Gasteiger partial charge is 0.454 e. The number of fused-ring (bicyclic) bond motifs is 1. The van der Waals surface area contributed by atoms with Crippen LogP contribution in [0.3, 0.4) is 0 Å². The van der Waals surface area contributed by atoms with Crippen molar-refractivity contribution < 1.29 is 18.7 Å². The summed E-state index contributed by atoms with van der Waals surface area (Å²) in [6.45, 7) is 2.27. The van der Waals surface area contributed by atoms with E-state index in [1.165, 1.54) is 6.26 Å². The third kappa shape index (κ3) is 2.37. The van der Waals surface area contributed by atoms with Gasteiger partial charge in [0.15, 0.2) is 17.4 Å². The smallest absolute Gasteiger partial charge is 0.251 e. The predicted molar refractivity (Wildman–Crippen MR) is 65.0 cm³/mol. The summed E-state index contributed by atoms with van der Waals surface area (Å²) in [5.41, 5.74) is 1.20. The van der Waals surface area contributed by atoms with Crippen LogP contribution < -0.4 is 14.8 Å². The number of carbonyl (C=O) groups excluding carboxylic acids is 1. The molecular formula is C13H12N2O4. The number of nitrogens with one attached hydrogen (secondary N) is 1. The van der Waals surface area contributed by atoms with Crippen LogP contribution in [0.5, 0.6) is 11.5 Å². The average Bonchev–Trinajstić information content (AvgIpc) is 3.03. The number of hydrogen-bond donors (Lipinski definition) is 1. The lowest BCUT2D eigenvalue weighted by Gasteiger charge is -2.04. The Kier molecular flexibility index (Phi) is 2.83. The number of hydrogen-bond acceptors (Lipinski definition) is 5. The van der Waals surface area contributed by atoms with E-state index < -0.39 is 0 Å². The number of aryl methyl sites for hydroxylation is 1. The molecule has 0 saturated carbocycles. The molecule has 19 heavy (non-hydrogen) atoms. The van der Waals surface area contributed by atoms with Gasteiger partial charge >= 0.3 is 0 Å². The number of carbonyl (C=O) groups is 1. The first-order valence-corrected chi connectivity index (χ1v) is 5.81. The van der Waals surface area contributed by atoms with Crippen LogP contribution in [0.2, 0.25) is 0 Å². The molecule has 0 spiro atoms. The molecule has 1 aromatic carbocycles. The van der Waals surface area contributed by atoms with Gasteiger partial charge in [0, 0.05) is 12.5 Å². The molecule has 6 heteroatoms. The zero-order chi connectivity index (χ0) is 13.2. The highest BCUT2D eigenvalue weighted by atomic mass is 16.7. The standard InChI is InChI=1S/C13H12N2O4/c1-8-15-10(6-17-8)5-14-13(16)9-2-3-11-12(4-9)19-7-18-11/h2-4,6H,5,7H2,1H3,(H,14,16). The van der Waals surface area contributed by atoms with E-state index in [-0.39, 0.29) is 12.7 Å². The summed E-state index contributed by atoms with van der Waals surface area (Å²) in [5, 5.41) is 2.76. The summed E-state index contributed by atoms with van der Waals surface area (Å²) in [7, 11) is 0. The third-order valence-electron chi connectivity index (χ3n) is 2.73. The molecule has 2 aromatic rings. The second-order valence-corrected chi connectivity index (χ2v) is 4.11. The van der Waals surface area contributed by atoms with Crippen molar-refractivity contribution in [3.05, 3.63) is 41.6 Å². The van der Waals surface area contributed by atoms with Crippen molar-refractivity contribution in [2.45, 2.75) is 13.5 Å². The first-order valence-electron chi connectivity index (χ1n) is 5.81. The molecule has 0 bridgehead atoms. The lowest BCUT2D eigenvalue weighted by molar-refractivity contribution is 0.0950. The third-order valence-corrected chi connectivity index (χ3v) is 2.73. The molecule has 0 atom stereocenters. The first-order chi connectivity index (χ1) is 9.22. The Morgan fingerprint density at radius 3 is 3.00 bits per heavy atom. The van der Waals surface area contributed by atoms with Gasteiger partial charge in [-0.3, -0.25) is 4.79 Å². The number of benzene rings is 1. The van der Waals surface area contributed by atoms with Crippen LogP contribution in [0.25, 0.3) is 0 Å². The molecule has 1 aliphatic rings. The number of ether oxygens (including phenoxy) is 2. The maximum Gasteiger partial charge on any atom is 0.251 e. The Labute approximate surface area is 109 Å². The average molecular weight is 260 g/mol. The fraction of sp³-hybridized carbons (Fsp3) is 0.231. The summed E-state index contributed by atoms with van der Waals surface area (Å²) in [6.07, 6.45) is 1.52. The van der Waals surface area contributed by atoms with Gasteiger partial charge in [-0.2, -0.15) is 0 Å². The Morgan fingerprint density at radius 1 is 1.37 bits per heavy atom. The summed E-state index contributed by atoms with van der Waals surface area (Å²) in [4.78, 5) is 16.1. The minimum atomic E-state index is -0.195. The lowest BCUT2D eigenvalue weighted by Crippen LogP contribution is -2.22. The molecule has 1 aliphatic heterocycles. The van der Waals surface area contributed by atoms with E-state index in [4.69, 9.17) is 13.9 Å². The van der Waals surface area contributed by atoms with Gasteiger partial charge in [-0.1, -0.05) is 0 Å². The molecule has 0 radical (unpaired) electrons. The maximum absolute atomic E-state index is 12.0. The van der Waals surface area contributed by atoms with E-state index in [0.717, 1.165) is 0 Å². The van der Waals surface area contributed by atoms with Crippen LogP contribution >= 0.6 is 0 Å². The Bertz CT molecular complexity index is 621. The van der Waals surface area contributed by atoms with E-state index >= 15 is 0 Å². The molecule has 0 fully saturated rings. The molecule has 2 heterocycles. The van der Waals surface area contributed by atoms with Crippen LogP contribution in [-0.2, 0) is 6.54 Å². The number of aromatic nitrogens is 1. The van der Waals surface area contributed by atoms with Crippen LogP contribution in [0.1, 0.15) is 21.9 Å². The van der Waals surface area contributed by atoms with Crippen molar-refractivity contribution in [3.8, 4) is 11.5 Å². The van der Waals surface area contributed by atoms with Crippen LogP contribution in [-0.4, -0.2) is 17.7 Å². The normalized spacial score (nSPS) is 12.5. The summed E-state index contributed by atoms with van der Waals surface area (Å²) in [5.74, 6) is 1.62. The van der Waals surface area contributed by atoms with Gasteiger partial charge < -0.3 is 19.2 Å². The minimum Gasteiger partial charge on any atom is -0.454 e. The molecule has 1 amide bonds. The van der Waals surface area contributed by atoms with E-state index in [1.54, 1.807) is 25.1 Å². The van der Waals surface area contributed by atoms with Crippen molar-refractivity contribution in [1.29, 1.82) is 0 Å². The number of nitrogens with zero attached hydrogens (tertiary/aromatic N) is 1. The van der Waals surface area contributed by atoms with Gasteiger partial charge in [-0.05, 0) is 18.2 Å². The molecule has 0 saturated heterocycles. The van der Waals surface area contributed by atoms with Gasteiger partial charge in [0.25, 0.3) is 5.91 Å². The predicted octanol–water partition coefficient (Wildman–Crippen LogP) is 1.64. The fourth-order valence-electron chi connectivity index (χ4n) is 1.80. The molecule has 0 unspecified atom stereocenters. The van der Waals surface area contributed by atoms with Crippen molar-refractivity contribution in [3.63, 3.8) is 0 Å². The fourth-order valence-corrected chi connectivity index (χ4v) is 1.80. The summed E-state index contributed by atoms with van der Waals surface area (Å²) < 4.78 is 15.5. The van der Waals surface area contributed by atoms with E-state index in [0.29, 0.717) is 35.2 Å². The molecule has 3 rings (SSSR count). The number of oxazole rings is 1. The lowest BCUT2D eigenvalue weighted by atomic mass is 10.2. The molecule has 1 N–H and O–H groups in total. The number of amides is 1. The first kappa shape index (κ1) is 11.6. The summed E-state index contributed by atoms with van der Waals surface area (Å²) >= 11 is 0. The molecule has 6 nitrogen and oxygen atoms in total. The van der Waals surface area contributed by atoms with Crippen molar-refractivity contribution in [2.75, 3.05) is 6.79 Å². The maximum atomic E-state index is 12.0. The second kappa shape index (κ2) is 4.64. The Balaban J connectivity index is 1.67. The SMILES string of the molecule is Cc1nc(CNC(=O)c2ccc3c(c2)OCO3)co1. The Hall–Kier alpha value is -2.50. The highest BCUT2D eigenvalue weighted by molar-refractivity contribution is 5.94. The van der Waals surface area contributed by atoms with Gasteiger partial charge in [-0.25, -0.2) is 4.98 Å². The Morgan fingerprint density at radius 2 is 2.21 bits per heavy atom.